The first-order chi connectivity index (χ1) is 10.6. The molecular formula is C17H23N5. The number of fused-ring (bicyclic) bond motifs is 1. The molecule has 0 amide bonds. The molecule has 0 saturated heterocycles. The molecule has 116 valence electrons. The Morgan fingerprint density at radius 3 is 2.91 bits per heavy atom. The summed E-state index contributed by atoms with van der Waals surface area (Å²) in [5.74, 6) is 1.84. The Morgan fingerprint density at radius 2 is 2.09 bits per heavy atom. The summed E-state index contributed by atoms with van der Waals surface area (Å²) in [5.41, 5.74) is 2.64. The number of hydrogen-bond donors (Lipinski definition) is 1. The number of likely N-dealkylation sites (N-methyl/N-ethyl adjacent to an activating group) is 1. The van der Waals surface area contributed by atoms with Gasteiger partial charge in [-0.15, -0.1) is 0 Å². The van der Waals surface area contributed by atoms with E-state index in [4.69, 9.17) is 0 Å². The van der Waals surface area contributed by atoms with E-state index in [0.717, 1.165) is 31.1 Å². The summed E-state index contributed by atoms with van der Waals surface area (Å²) in [6.07, 6.45) is 2.70. The molecule has 1 aliphatic rings. The molecule has 1 atom stereocenters. The minimum atomic E-state index is 0.418. The quantitative estimate of drug-likeness (QED) is 0.919. The predicted octanol–water partition coefficient (Wildman–Crippen LogP) is 2.53. The van der Waals surface area contributed by atoms with Crippen molar-refractivity contribution in [2.75, 3.05) is 37.4 Å². The Bertz CT molecular complexity index is 640. The van der Waals surface area contributed by atoms with Crippen molar-refractivity contribution in [2.24, 2.45) is 0 Å². The van der Waals surface area contributed by atoms with E-state index in [-0.39, 0.29) is 0 Å². The van der Waals surface area contributed by atoms with Gasteiger partial charge in [-0.05, 0) is 39.1 Å². The first-order valence-electron chi connectivity index (χ1n) is 7.73. The van der Waals surface area contributed by atoms with E-state index in [2.05, 4.69) is 70.4 Å². The van der Waals surface area contributed by atoms with Crippen LogP contribution in [-0.2, 0) is 6.42 Å². The molecule has 22 heavy (non-hydrogen) atoms. The predicted molar refractivity (Wildman–Crippen MR) is 90.8 cm³/mol. The van der Waals surface area contributed by atoms with E-state index in [9.17, 15) is 0 Å². The van der Waals surface area contributed by atoms with Gasteiger partial charge < -0.3 is 15.1 Å². The van der Waals surface area contributed by atoms with Crippen LogP contribution in [0.2, 0.25) is 0 Å². The number of hydrogen-bond acceptors (Lipinski definition) is 5. The first kappa shape index (κ1) is 14.8. The summed E-state index contributed by atoms with van der Waals surface area (Å²) in [6.45, 7) is 4.08. The van der Waals surface area contributed by atoms with Crippen LogP contribution in [0.25, 0.3) is 0 Å². The number of para-hydroxylation sites is 1. The molecule has 1 N–H and O–H groups in total. The summed E-state index contributed by atoms with van der Waals surface area (Å²) >= 11 is 0. The van der Waals surface area contributed by atoms with Crippen LogP contribution in [0.3, 0.4) is 0 Å². The number of anilines is 3. The molecule has 1 unspecified atom stereocenters. The molecule has 1 aromatic carbocycles. The van der Waals surface area contributed by atoms with Gasteiger partial charge in [0.05, 0.1) is 0 Å². The zero-order chi connectivity index (χ0) is 15.5. The van der Waals surface area contributed by atoms with E-state index in [1.165, 1.54) is 11.3 Å². The van der Waals surface area contributed by atoms with Crippen LogP contribution in [0, 0.1) is 0 Å². The van der Waals surface area contributed by atoms with Gasteiger partial charge in [0.1, 0.15) is 18.0 Å². The average molecular weight is 297 g/mol. The maximum Gasteiger partial charge on any atom is 0.138 e. The second kappa shape index (κ2) is 6.32. The van der Waals surface area contributed by atoms with Gasteiger partial charge in [0.2, 0.25) is 0 Å². The van der Waals surface area contributed by atoms with Crippen LogP contribution in [0.4, 0.5) is 17.3 Å². The zero-order valence-electron chi connectivity index (χ0n) is 13.5. The fourth-order valence-corrected chi connectivity index (χ4v) is 2.90. The van der Waals surface area contributed by atoms with E-state index in [1.54, 1.807) is 6.33 Å². The van der Waals surface area contributed by atoms with Crippen molar-refractivity contribution in [3.05, 3.63) is 42.2 Å². The smallest absolute Gasteiger partial charge is 0.138 e. The Labute approximate surface area is 132 Å². The summed E-state index contributed by atoms with van der Waals surface area (Å²) in [4.78, 5) is 13.2. The van der Waals surface area contributed by atoms with E-state index in [0.29, 0.717) is 6.04 Å². The topological polar surface area (TPSA) is 44.3 Å². The molecule has 0 radical (unpaired) electrons. The molecule has 1 aliphatic heterocycles. The van der Waals surface area contributed by atoms with Crippen LogP contribution in [-0.4, -0.2) is 48.1 Å². The number of aromatic nitrogens is 2. The molecule has 0 fully saturated rings. The van der Waals surface area contributed by atoms with Crippen LogP contribution in [0.1, 0.15) is 12.5 Å². The van der Waals surface area contributed by atoms with Crippen LogP contribution < -0.4 is 10.2 Å². The normalized spacial score (nSPS) is 16.9. The lowest BCUT2D eigenvalue weighted by Gasteiger charge is -2.24. The van der Waals surface area contributed by atoms with Gasteiger partial charge in [0, 0.05) is 30.9 Å². The van der Waals surface area contributed by atoms with Crippen LogP contribution >= 0.6 is 0 Å². The maximum absolute atomic E-state index is 4.48. The highest BCUT2D eigenvalue weighted by Crippen LogP contribution is 2.37. The Morgan fingerprint density at radius 1 is 1.27 bits per heavy atom. The molecule has 0 aliphatic carbocycles. The molecule has 2 heterocycles. The Hall–Kier alpha value is -2.14. The van der Waals surface area contributed by atoms with E-state index >= 15 is 0 Å². The van der Waals surface area contributed by atoms with E-state index in [1.807, 2.05) is 6.07 Å². The largest absolute Gasteiger partial charge is 0.369 e. The molecule has 0 spiro atoms. The summed E-state index contributed by atoms with van der Waals surface area (Å²) in [7, 11) is 4.13. The Balaban J connectivity index is 1.80. The summed E-state index contributed by atoms with van der Waals surface area (Å²) in [6, 6.07) is 11.0. The van der Waals surface area contributed by atoms with Crippen LogP contribution in [0.15, 0.2) is 36.7 Å². The molecule has 2 aromatic rings. The second-order valence-corrected chi connectivity index (χ2v) is 6.04. The summed E-state index contributed by atoms with van der Waals surface area (Å²) in [5, 5.41) is 3.36. The number of rotatable bonds is 5. The van der Waals surface area contributed by atoms with Crippen molar-refractivity contribution in [3.8, 4) is 0 Å². The van der Waals surface area contributed by atoms with Gasteiger partial charge in [-0.2, -0.15) is 0 Å². The molecule has 5 heteroatoms. The van der Waals surface area contributed by atoms with Crippen molar-refractivity contribution in [3.63, 3.8) is 0 Å². The van der Waals surface area contributed by atoms with Gasteiger partial charge in [-0.25, -0.2) is 9.97 Å². The van der Waals surface area contributed by atoms with Crippen molar-refractivity contribution >= 4 is 17.3 Å². The maximum atomic E-state index is 4.48. The Kier molecular flexibility index (Phi) is 4.24. The lowest BCUT2D eigenvalue weighted by molar-refractivity contribution is 0.425. The van der Waals surface area contributed by atoms with Gasteiger partial charge >= 0.3 is 0 Å². The fourth-order valence-electron chi connectivity index (χ4n) is 2.90. The third kappa shape index (κ3) is 3.04. The lowest BCUT2D eigenvalue weighted by Crippen LogP contribution is -2.25. The third-order valence-corrected chi connectivity index (χ3v) is 3.97. The number of nitrogens with zero attached hydrogens (tertiary/aromatic N) is 4. The highest BCUT2D eigenvalue weighted by Gasteiger charge is 2.27. The second-order valence-electron chi connectivity index (χ2n) is 6.04. The fraction of sp³-hybridized carbons (Fsp3) is 0.412. The highest BCUT2D eigenvalue weighted by atomic mass is 15.2. The van der Waals surface area contributed by atoms with Crippen molar-refractivity contribution in [2.45, 2.75) is 19.4 Å². The minimum absolute atomic E-state index is 0.418. The molecule has 1 aromatic heterocycles. The number of benzene rings is 1. The van der Waals surface area contributed by atoms with Gasteiger partial charge in [-0.1, -0.05) is 18.2 Å². The highest BCUT2D eigenvalue weighted by molar-refractivity contribution is 5.69. The monoisotopic (exact) mass is 297 g/mol. The van der Waals surface area contributed by atoms with Crippen molar-refractivity contribution < 1.29 is 0 Å². The molecule has 3 rings (SSSR count). The third-order valence-electron chi connectivity index (χ3n) is 3.97. The molecule has 0 bridgehead atoms. The molecule has 0 saturated carbocycles. The van der Waals surface area contributed by atoms with E-state index < -0.39 is 0 Å². The van der Waals surface area contributed by atoms with Gasteiger partial charge in [0.25, 0.3) is 0 Å². The summed E-state index contributed by atoms with van der Waals surface area (Å²) < 4.78 is 0. The van der Waals surface area contributed by atoms with Gasteiger partial charge in [-0.3, -0.25) is 0 Å². The van der Waals surface area contributed by atoms with Crippen molar-refractivity contribution in [1.29, 1.82) is 0 Å². The standard InChI is InChI=1S/C17H23N5/c1-13-10-14-6-4-5-7-15(14)22(13)17-11-16(19-12-20-17)18-8-9-21(2)3/h4-7,11-13H,8-10H2,1-3H3,(H,18,19,20). The zero-order valence-corrected chi connectivity index (χ0v) is 13.5. The first-order valence-corrected chi connectivity index (χ1v) is 7.73. The minimum Gasteiger partial charge on any atom is -0.369 e. The van der Waals surface area contributed by atoms with Gasteiger partial charge in [0.15, 0.2) is 0 Å². The SMILES string of the molecule is CC1Cc2ccccc2N1c1cc(NCCN(C)C)ncn1. The average Bonchev–Trinajstić information content (AvgIpc) is 2.83. The van der Waals surface area contributed by atoms with Crippen LogP contribution in [0.5, 0.6) is 0 Å². The molecular weight excluding hydrogens is 274 g/mol. The number of nitrogens with one attached hydrogen (secondary N) is 1. The van der Waals surface area contributed by atoms with Crippen molar-refractivity contribution in [1.82, 2.24) is 14.9 Å². The molecule has 5 nitrogen and oxygen atoms in total. The lowest BCUT2D eigenvalue weighted by atomic mass is 10.1.